The highest BCUT2D eigenvalue weighted by atomic mass is 35.5. The molecule has 1 aliphatic rings. The van der Waals surface area contributed by atoms with Crippen molar-refractivity contribution >= 4 is 23.2 Å². The number of nitrogens with zero attached hydrogens (tertiary/aromatic N) is 2. The van der Waals surface area contributed by atoms with Gasteiger partial charge in [0.05, 0.1) is 0 Å². The van der Waals surface area contributed by atoms with Crippen LogP contribution >= 0.6 is 11.6 Å². The number of rotatable bonds is 3. The van der Waals surface area contributed by atoms with Crippen molar-refractivity contribution in [3.05, 3.63) is 46.7 Å². The summed E-state index contributed by atoms with van der Waals surface area (Å²) in [6, 6.07) is 6.08. The lowest BCUT2D eigenvalue weighted by molar-refractivity contribution is 0.591. The number of hydrogen-bond donors (Lipinski definition) is 1. The van der Waals surface area contributed by atoms with Gasteiger partial charge < -0.3 is 5.32 Å². The van der Waals surface area contributed by atoms with E-state index in [1.807, 2.05) is 6.07 Å². The third-order valence-electron chi connectivity index (χ3n) is 3.77. The molecule has 4 heteroatoms. The summed E-state index contributed by atoms with van der Waals surface area (Å²) in [5, 5.41) is 4.14. The van der Waals surface area contributed by atoms with Gasteiger partial charge in [0.2, 0.25) is 5.95 Å². The van der Waals surface area contributed by atoms with E-state index in [1.165, 1.54) is 24.0 Å². The molecule has 3 rings (SSSR count). The SMILES string of the molecule is CC(C)(C)c1cc(C2CC2)c(Cl)cc1Nc1ncccn1. The molecule has 0 unspecified atom stereocenters. The van der Waals surface area contributed by atoms with Gasteiger partial charge in [0.15, 0.2) is 0 Å². The standard InChI is InChI=1S/C17H20ClN3/c1-17(2,3)13-9-12(11-5-6-11)14(18)10-15(13)21-16-19-7-4-8-20-16/h4,7-11H,5-6H2,1-3H3,(H,19,20,21). The Morgan fingerprint density at radius 1 is 1.14 bits per heavy atom. The van der Waals surface area contributed by atoms with Gasteiger partial charge in [-0.3, -0.25) is 0 Å². The predicted molar refractivity (Wildman–Crippen MR) is 87.4 cm³/mol. The van der Waals surface area contributed by atoms with Crippen molar-refractivity contribution in [2.45, 2.75) is 44.9 Å². The molecule has 0 aliphatic heterocycles. The van der Waals surface area contributed by atoms with Crippen LogP contribution in [0, 0.1) is 0 Å². The average Bonchev–Trinajstić information content (AvgIpc) is 3.23. The highest BCUT2D eigenvalue weighted by Crippen LogP contribution is 2.46. The largest absolute Gasteiger partial charge is 0.324 e. The Morgan fingerprint density at radius 3 is 2.38 bits per heavy atom. The van der Waals surface area contributed by atoms with Gasteiger partial charge >= 0.3 is 0 Å². The van der Waals surface area contributed by atoms with Crippen LogP contribution in [0.15, 0.2) is 30.6 Å². The lowest BCUT2D eigenvalue weighted by atomic mass is 9.84. The first-order chi connectivity index (χ1) is 9.95. The molecule has 0 bridgehead atoms. The van der Waals surface area contributed by atoms with Gasteiger partial charge in [0.1, 0.15) is 0 Å². The van der Waals surface area contributed by atoms with E-state index in [0.717, 1.165) is 10.7 Å². The molecule has 0 spiro atoms. The zero-order valence-electron chi connectivity index (χ0n) is 12.7. The quantitative estimate of drug-likeness (QED) is 0.862. The van der Waals surface area contributed by atoms with Gasteiger partial charge in [-0.25, -0.2) is 9.97 Å². The van der Waals surface area contributed by atoms with E-state index in [0.29, 0.717) is 11.9 Å². The number of anilines is 2. The zero-order chi connectivity index (χ0) is 15.0. The number of aromatic nitrogens is 2. The Labute approximate surface area is 130 Å². The van der Waals surface area contributed by atoms with E-state index < -0.39 is 0 Å². The molecule has 0 amide bonds. The maximum atomic E-state index is 6.47. The summed E-state index contributed by atoms with van der Waals surface area (Å²) >= 11 is 6.47. The van der Waals surface area contributed by atoms with Crippen molar-refractivity contribution in [2.75, 3.05) is 5.32 Å². The minimum absolute atomic E-state index is 0.0331. The summed E-state index contributed by atoms with van der Waals surface area (Å²) in [7, 11) is 0. The molecule has 1 aliphatic carbocycles. The van der Waals surface area contributed by atoms with E-state index in [1.54, 1.807) is 18.5 Å². The molecule has 110 valence electrons. The molecular weight excluding hydrogens is 282 g/mol. The van der Waals surface area contributed by atoms with Crippen LogP contribution in [0.1, 0.15) is 50.7 Å². The van der Waals surface area contributed by atoms with Crippen LogP contribution in [-0.2, 0) is 5.41 Å². The second kappa shape index (κ2) is 5.30. The summed E-state index contributed by atoms with van der Waals surface area (Å²) in [6.07, 6.45) is 5.95. The molecule has 0 atom stereocenters. The number of nitrogens with one attached hydrogen (secondary N) is 1. The van der Waals surface area contributed by atoms with E-state index in [2.05, 4.69) is 42.1 Å². The van der Waals surface area contributed by atoms with Gasteiger partial charge in [0.25, 0.3) is 0 Å². The van der Waals surface area contributed by atoms with Crippen molar-refractivity contribution in [1.29, 1.82) is 0 Å². The van der Waals surface area contributed by atoms with Gasteiger partial charge in [0, 0.05) is 23.1 Å². The lowest BCUT2D eigenvalue weighted by Crippen LogP contribution is -2.15. The molecule has 1 N–H and O–H groups in total. The summed E-state index contributed by atoms with van der Waals surface area (Å²) in [6.45, 7) is 6.64. The van der Waals surface area contributed by atoms with Crippen molar-refractivity contribution in [2.24, 2.45) is 0 Å². The third kappa shape index (κ3) is 3.18. The molecule has 0 saturated heterocycles. The number of halogens is 1. The van der Waals surface area contributed by atoms with Gasteiger partial charge in [-0.2, -0.15) is 0 Å². The van der Waals surface area contributed by atoms with Gasteiger partial charge in [-0.15, -0.1) is 0 Å². The zero-order valence-corrected chi connectivity index (χ0v) is 13.4. The molecule has 1 heterocycles. The maximum Gasteiger partial charge on any atom is 0.227 e. The first-order valence-corrected chi connectivity index (χ1v) is 7.71. The predicted octanol–water partition coefficient (Wildman–Crippen LogP) is 5.05. The third-order valence-corrected chi connectivity index (χ3v) is 4.10. The van der Waals surface area contributed by atoms with Crippen LogP contribution < -0.4 is 5.32 Å². The normalized spacial score (nSPS) is 15.0. The summed E-state index contributed by atoms with van der Waals surface area (Å²) in [5.41, 5.74) is 3.55. The first kappa shape index (κ1) is 14.3. The highest BCUT2D eigenvalue weighted by molar-refractivity contribution is 6.31. The van der Waals surface area contributed by atoms with E-state index in [9.17, 15) is 0 Å². The molecule has 1 saturated carbocycles. The van der Waals surface area contributed by atoms with Crippen molar-refractivity contribution in [3.8, 4) is 0 Å². The van der Waals surface area contributed by atoms with Gasteiger partial charge in [-0.1, -0.05) is 38.4 Å². The van der Waals surface area contributed by atoms with Gasteiger partial charge in [-0.05, 0) is 47.4 Å². The number of benzene rings is 1. The van der Waals surface area contributed by atoms with E-state index in [-0.39, 0.29) is 5.41 Å². The van der Waals surface area contributed by atoms with E-state index in [4.69, 9.17) is 11.6 Å². The van der Waals surface area contributed by atoms with Crippen LogP contribution in [0.5, 0.6) is 0 Å². The minimum atomic E-state index is 0.0331. The summed E-state index contributed by atoms with van der Waals surface area (Å²) in [4.78, 5) is 8.46. The van der Waals surface area contributed by atoms with E-state index >= 15 is 0 Å². The first-order valence-electron chi connectivity index (χ1n) is 7.33. The maximum absolute atomic E-state index is 6.47. The molecule has 0 radical (unpaired) electrons. The Balaban J connectivity index is 2.03. The Kier molecular flexibility index (Phi) is 3.62. The fourth-order valence-electron chi connectivity index (χ4n) is 2.51. The van der Waals surface area contributed by atoms with Crippen molar-refractivity contribution in [1.82, 2.24) is 9.97 Å². The summed E-state index contributed by atoms with van der Waals surface area (Å²) in [5.74, 6) is 1.24. The Hall–Kier alpha value is -1.61. The van der Waals surface area contributed by atoms with Crippen LogP contribution in [0.4, 0.5) is 11.6 Å². The monoisotopic (exact) mass is 301 g/mol. The second-order valence-electron chi connectivity index (χ2n) is 6.64. The number of hydrogen-bond acceptors (Lipinski definition) is 3. The summed E-state index contributed by atoms with van der Waals surface area (Å²) < 4.78 is 0. The lowest BCUT2D eigenvalue weighted by Gasteiger charge is -2.25. The van der Waals surface area contributed by atoms with Crippen LogP contribution in [-0.4, -0.2) is 9.97 Å². The minimum Gasteiger partial charge on any atom is -0.324 e. The fraction of sp³-hybridized carbons (Fsp3) is 0.412. The smallest absolute Gasteiger partial charge is 0.227 e. The molecule has 2 aromatic rings. The average molecular weight is 302 g/mol. The van der Waals surface area contributed by atoms with Crippen molar-refractivity contribution < 1.29 is 0 Å². The topological polar surface area (TPSA) is 37.8 Å². The Bertz CT molecular complexity index is 643. The Morgan fingerprint density at radius 2 is 1.81 bits per heavy atom. The van der Waals surface area contributed by atoms with Crippen LogP contribution in [0.2, 0.25) is 5.02 Å². The molecular formula is C17H20ClN3. The molecule has 1 aromatic carbocycles. The second-order valence-corrected chi connectivity index (χ2v) is 7.05. The van der Waals surface area contributed by atoms with Crippen molar-refractivity contribution in [3.63, 3.8) is 0 Å². The molecule has 3 nitrogen and oxygen atoms in total. The molecule has 1 fully saturated rings. The molecule has 21 heavy (non-hydrogen) atoms. The van der Waals surface area contributed by atoms with Crippen LogP contribution in [0.25, 0.3) is 0 Å². The molecule has 1 aromatic heterocycles. The highest BCUT2D eigenvalue weighted by Gasteiger charge is 2.29. The van der Waals surface area contributed by atoms with Crippen LogP contribution in [0.3, 0.4) is 0 Å². The fourth-order valence-corrected chi connectivity index (χ4v) is 2.82.